The number of carbonyl (C=O) groups is 1. The van der Waals surface area contributed by atoms with Crippen LogP contribution in [0.2, 0.25) is 0 Å². The average molecular weight is 240 g/mol. The number of hydrogen-bond acceptors (Lipinski definition) is 2. The van der Waals surface area contributed by atoms with Gasteiger partial charge < -0.3 is 10.2 Å². The standard InChI is InChI=1S/C14H28N2O/c1-3-9-15-10-7-13-6-5-11-16(12-8-13)14(17)4-2/h13,15H,3-12H2,1-2H3. The number of nitrogens with one attached hydrogen (secondary N) is 1. The van der Waals surface area contributed by atoms with Gasteiger partial charge in [-0.1, -0.05) is 13.8 Å². The molecule has 1 heterocycles. The van der Waals surface area contributed by atoms with E-state index < -0.39 is 0 Å². The summed E-state index contributed by atoms with van der Waals surface area (Å²) in [4.78, 5) is 13.7. The Kier molecular flexibility index (Phi) is 7.25. The van der Waals surface area contributed by atoms with E-state index in [2.05, 4.69) is 17.1 Å². The zero-order chi connectivity index (χ0) is 12.5. The zero-order valence-corrected chi connectivity index (χ0v) is 11.5. The molecule has 100 valence electrons. The normalized spacial score (nSPS) is 21.3. The van der Waals surface area contributed by atoms with Gasteiger partial charge >= 0.3 is 0 Å². The van der Waals surface area contributed by atoms with E-state index in [4.69, 9.17) is 0 Å². The molecule has 3 nitrogen and oxygen atoms in total. The third-order valence-corrected chi connectivity index (χ3v) is 3.66. The summed E-state index contributed by atoms with van der Waals surface area (Å²) in [6.07, 6.45) is 6.81. The summed E-state index contributed by atoms with van der Waals surface area (Å²) >= 11 is 0. The second kappa shape index (κ2) is 8.51. The number of carbonyl (C=O) groups excluding carboxylic acids is 1. The molecule has 3 heteroatoms. The lowest BCUT2D eigenvalue weighted by Crippen LogP contribution is -2.31. The summed E-state index contributed by atoms with van der Waals surface area (Å²) in [5, 5.41) is 3.47. The molecular weight excluding hydrogens is 212 g/mol. The summed E-state index contributed by atoms with van der Waals surface area (Å²) in [6.45, 7) is 8.39. The zero-order valence-electron chi connectivity index (χ0n) is 11.5. The maximum Gasteiger partial charge on any atom is 0.222 e. The van der Waals surface area contributed by atoms with Crippen molar-refractivity contribution in [3.8, 4) is 0 Å². The molecule has 1 amide bonds. The van der Waals surface area contributed by atoms with Gasteiger partial charge in [-0.15, -0.1) is 0 Å². The fourth-order valence-electron chi connectivity index (χ4n) is 2.54. The van der Waals surface area contributed by atoms with Crippen LogP contribution in [-0.4, -0.2) is 37.0 Å². The lowest BCUT2D eigenvalue weighted by atomic mass is 9.97. The maximum absolute atomic E-state index is 11.6. The minimum absolute atomic E-state index is 0.328. The molecule has 0 bridgehead atoms. The van der Waals surface area contributed by atoms with Crippen molar-refractivity contribution in [3.05, 3.63) is 0 Å². The van der Waals surface area contributed by atoms with Crippen LogP contribution >= 0.6 is 0 Å². The van der Waals surface area contributed by atoms with Gasteiger partial charge in [-0.05, 0) is 51.1 Å². The predicted octanol–water partition coefficient (Wildman–Crippen LogP) is 2.41. The second-order valence-corrected chi connectivity index (χ2v) is 5.07. The predicted molar refractivity (Wildman–Crippen MR) is 72.0 cm³/mol. The Balaban J connectivity index is 2.20. The van der Waals surface area contributed by atoms with E-state index in [1.807, 2.05) is 6.92 Å². The van der Waals surface area contributed by atoms with Crippen molar-refractivity contribution in [2.24, 2.45) is 5.92 Å². The van der Waals surface area contributed by atoms with Crippen molar-refractivity contribution in [3.63, 3.8) is 0 Å². The van der Waals surface area contributed by atoms with Crippen LogP contribution in [0.25, 0.3) is 0 Å². The molecule has 0 saturated carbocycles. The van der Waals surface area contributed by atoms with Crippen molar-refractivity contribution >= 4 is 5.91 Å². The van der Waals surface area contributed by atoms with Gasteiger partial charge in [0.05, 0.1) is 0 Å². The summed E-state index contributed by atoms with van der Waals surface area (Å²) in [5.41, 5.74) is 0. The van der Waals surface area contributed by atoms with Crippen molar-refractivity contribution in [1.29, 1.82) is 0 Å². The van der Waals surface area contributed by atoms with Crippen molar-refractivity contribution < 1.29 is 4.79 Å². The van der Waals surface area contributed by atoms with Crippen LogP contribution < -0.4 is 5.32 Å². The fraction of sp³-hybridized carbons (Fsp3) is 0.929. The smallest absolute Gasteiger partial charge is 0.222 e. The first kappa shape index (κ1) is 14.5. The van der Waals surface area contributed by atoms with E-state index in [9.17, 15) is 4.79 Å². The molecule has 1 N–H and O–H groups in total. The third kappa shape index (κ3) is 5.53. The highest BCUT2D eigenvalue weighted by Gasteiger charge is 2.19. The molecular formula is C14H28N2O. The van der Waals surface area contributed by atoms with Crippen LogP contribution in [0.3, 0.4) is 0 Å². The molecule has 0 radical (unpaired) electrons. The van der Waals surface area contributed by atoms with Gasteiger partial charge in [-0.2, -0.15) is 0 Å². The van der Waals surface area contributed by atoms with Gasteiger partial charge in [0.1, 0.15) is 0 Å². The Labute approximate surface area is 106 Å². The molecule has 1 saturated heterocycles. The number of rotatable bonds is 6. The first-order valence-corrected chi connectivity index (χ1v) is 7.26. The van der Waals surface area contributed by atoms with Crippen LogP contribution in [0.5, 0.6) is 0 Å². The van der Waals surface area contributed by atoms with E-state index in [1.54, 1.807) is 0 Å². The molecule has 0 spiro atoms. The van der Waals surface area contributed by atoms with Crippen molar-refractivity contribution in [2.75, 3.05) is 26.2 Å². The Morgan fingerprint density at radius 3 is 2.76 bits per heavy atom. The quantitative estimate of drug-likeness (QED) is 0.723. The molecule has 1 fully saturated rings. The molecule has 0 aromatic heterocycles. The maximum atomic E-state index is 11.6. The van der Waals surface area contributed by atoms with Gasteiger partial charge in [0.2, 0.25) is 5.91 Å². The third-order valence-electron chi connectivity index (χ3n) is 3.66. The van der Waals surface area contributed by atoms with E-state index in [0.717, 1.165) is 32.1 Å². The van der Waals surface area contributed by atoms with Gasteiger partial charge in [0.25, 0.3) is 0 Å². The summed E-state index contributed by atoms with van der Waals surface area (Å²) in [6, 6.07) is 0. The largest absolute Gasteiger partial charge is 0.343 e. The van der Waals surface area contributed by atoms with Crippen LogP contribution in [0, 0.1) is 5.92 Å². The van der Waals surface area contributed by atoms with Crippen molar-refractivity contribution in [2.45, 2.75) is 52.4 Å². The molecule has 1 unspecified atom stereocenters. The molecule has 0 aromatic rings. The summed E-state index contributed by atoms with van der Waals surface area (Å²) in [7, 11) is 0. The highest BCUT2D eigenvalue weighted by atomic mass is 16.2. The van der Waals surface area contributed by atoms with Crippen LogP contribution in [0.15, 0.2) is 0 Å². The SMILES string of the molecule is CCCNCCC1CCCN(C(=O)CC)CC1. The molecule has 0 aliphatic carbocycles. The monoisotopic (exact) mass is 240 g/mol. The number of likely N-dealkylation sites (tertiary alicyclic amines) is 1. The number of nitrogens with zero attached hydrogens (tertiary/aromatic N) is 1. The highest BCUT2D eigenvalue weighted by Crippen LogP contribution is 2.20. The van der Waals surface area contributed by atoms with E-state index >= 15 is 0 Å². The van der Waals surface area contributed by atoms with Gasteiger partial charge in [-0.25, -0.2) is 0 Å². The van der Waals surface area contributed by atoms with Crippen LogP contribution in [0.4, 0.5) is 0 Å². The number of amides is 1. The van der Waals surface area contributed by atoms with Gasteiger partial charge in [0, 0.05) is 19.5 Å². The summed E-state index contributed by atoms with van der Waals surface area (Å²) < 4.78 is 0. The molecule has 17 heavy (non-hydrogen) atoms. The Morgan fingerprint density at radius 2 is 2.06 bits per heavy atom. The first-order chi connectivity index (χ1) is 8.27. The van der Waals surface area contributed by atoms with E-state index in [1.165, 1.54) is 32.1 Å². The average Bonchev–Trinajstić information content (AvgIpc) is 2.59. The minimum atomic E-state index is 0.328. The molecule has 0 aromatic carbocycles. The fourth-order valence-corrected chi connectivity index (χ4v) is 2.54. The highest BCUT2D eigenvalue weighted by molar-refractivity contribution is 5.75. The van der Waals surface area contributed by atoms with Crippen LogP contribution in [-0.2, 0) is 4.79 Å². The second-order valence-electron chi connectivity index (χ2n) is 5.07. The lowest BCUT2D eigenvalue weighted by Gasteiger charge is -2.19. The number of hydrogen-bond donors (Lipinski definition) is 1. The minimum Gasteiger partial charge on any atom is -0.343 e. The van der Waals surface area contributed by atoms with Crippen LogP contribution in [0.1, 0.15) is 52.4 Å². The molecule has 1 aliphatic rings. The van der Waals surface area contributed by atoms with Gasteiger partial charge in [0.15, 0.2) is 0 Å². The molecule has 1 rings (SSSR count). The Bertz CT molecular complexity index is 218. The first-order valence-electron chi connectivity index (χ1n) is 7.26. The molecule has 1 atom stereocenters. The van der Waals surface area contributed by atoms with Crippen molar-refractivity contribution in [1.82, 2.24) is 10.2 Å². The summed E-state index contributed by atoms with van der Waals surface area (Å²) in [5.74, 6) is 1.14. The van der Waals surface area contributed by atoms with E-state index in [0.29, 0.717) is 12.3 Å². The lowest BCUT2D eigenvalue weighted by molar-refractivity contribution is -0.130. The Hall–Kier alpha value is -0.570. The topological polar surface area (TPSA) is 32.3 Å². The van der Waals surface area contributed by atoms with Gasteiger partial charge in [-0.3, -0.25) is 4.79 Å². The molecule has 1 aliphatic heterocycles. The Morgan fingerprint density at radius 1 is 1.24 bits per heavy atom. The van der Waals surface area contributed by atoms with E-state index in [-0.39, 0.29) is 0 Å².